The lowest BCUT2D eigenvalue weighted by molar-refractivity contribution is 0.776. The van der Waals surface area contributed by atoms with Crippen LogP contribution in [0.4, 0.5) is 17.1 Å². The summed E-state index contributed by atoms with van der Waals surface area (Å²) < 4.78 is 0. The first-order chi connectivity index (χ1) is 25.8. The molecule has 0 atom stereocenters. The lowest BCUT2D eigenvalue weighted by Gasteiger charge is -2.35. The maximum Gasteiger partial charge on any atom is 0.0719 e. The number of benzene rings is 9. The summed E-state index contributed by atoms with van der Waals surface area (Å²) in [7, 11) is 0. The molecule has 0 saturated carbocycles. The van der Waals surface area contributed by atoms with E-state index in [2.05, 4.69) is 217 Å². The summed E-state index contributed by atoms with van der Waals surface area (Å²) >= 11 is 0. The van der Waals surface area contributed by atoms with Gasteiger partial charge in [-0.2, -0.15) is 0 Å². The lowest BCUT2D eigenvalue weighted by atomic mass is 9.66. The largest absolute Gasteiger partial charge is 0.310 e. The highest BCUT2D eigenvalue weighted by atomic mass is 15.1. The molecule has 1 aliphatic rings. The summed E-state index contributed by atoms with van der Waals surface area (Å²) in [5.74, 6) is 0. The maximum atomic E-state index is 2.42. The van der Waals surface area contributed by atoms with E-state index in [0.29, 0.717) is 0 Å². The molecule has 0 aromatic heterocycles. The van der Waals surface area contributed by atoms with E-state index in [1.165, 1.54) is 66.1 Å². The Hall–Kier alpha value is -6.70. The van der Waals surface area contributed by atoms with Crippen LogP contribution in [0, 0.1) is 0 Å². The number of hydrogen-bond acceptors (Lipinski definition) is 1. The number of anilines is 3. The van der Waals surface area contributed by atoms with Gasteiger partial charge < -0.3 is 4.90 Å². The Labute approximate surface area is 304 Å². The van der Waals surface area contributed by atoms with Gasteiger partial charge in [-0.25, -0.2) is 0 Å². The molecule has 0 N–H and O–H groups in total. The van der Waals surface area contributed by atoms with Crippen LogP contribution in [-0.4, -0.2) is 0 Å². The van der Waals surface area contributed by atoms with Crippen molar-refractivity contribution in [1.82, 2.24) is 0 Å². The van der Waals surface area contributed by atoms with E-state index in [0.717, 1.165) is 17.1 Å². The van der Waals surface area contributed by atoms with Crippen molar-refractivity contribution in [2.45, 2.75) is 5.41 Å². The Morgan fingerprint density at radius 1 is 0.327 bits per heavy atom. The van der Waals surface area contributed by atoms with Gasteiger partial charge in [-0.1, -0.05) is 176 Å². The zero-order chi connectivity index (χ0) is 34.5. The van der Waals surface area contributed by atoms with E-state index >= 15 is 0 Å². The van der Waals surface area contributed by atoms with Crippen LogP contribution >= 0.6 is 0 Å². The topological polar surface area (TPSA) is 3.24 Å². The molecule has 0 amide bonds. The molecule has 9 aromatic carbocycles. The maximum absolute atomic E-state index is 2.42. The summed E-state index contributed by atoms with van der Waals surface area (Å²) in [6.45, 7) is 0. The minimum Gasteiger partial charge on any atom is -0.310 e. The van der Waals surface area contributed by atoms with Gasteiger partial charge >= 0.3 is 0 Å². The summed E-state index contributed by atoms with van der Waals surface area (Å²) in [6, 6.07) is 77.7. The Bertz CT molecular complexity index is 2660. The van der Waals surface area contributed by atoms with Gasteiger partial charge in [-0.15, -0.1) is 0 Å². The van der Waals surface area contributed by atoms with Crippen LogP contribution in [0.15, 0.2) is 212 Å². The first-order valence-corrected chi connectivity index (χ1v) is 18.0. The SMILES string of the molecule is c1ccc(-c2ccc(N(c3ccccc3)c3ccc4c5c(c6ccccc6c4c3)-c3ccccc3C5(c3ccccc3)c3ccccc3)cc2)cc1. The minimum atomic E-state index is -0.495. The van der Waals surface area contributed by atoms with Crippen molar-refractivity contribution < 1.29 is 0 Å². The van der Waals surface area contributed by atoms with E-state index in [4.69, 9.17) is 0 Å². The van der Waals surface area contributed by atoms with Crippen LogP contribution in [0.3, 0.4) is 0 Å². The third kappa shape index (κ3) is 4.56. The van der Waals surface area contributed by atoms with Crippen LogP contribution in [0.5, 0.6) is 0 Å². The second kappa shape index (κ2) is 12.3. The minimum absolute atomic E-state index is 0.495. The summed E-state index contributed by atoms with van der Waals surface area (Å²) in [6.07, 6.45) is 0. The fourth-order valence-electron chi connectivity index (χ4n) is 8.75. The first-order valence-electron chi connectivity index (χ1n) is 18.0. The number of hydrogen-bond donors (Lipinski definition) is 0. The molecular weight excluding hydrogens is 627 g/mol. The average molecular weight is 662 g/mol. The third-order valence-corrected chi connectivity index (χ3v) is 10.9. The normalized spacial score (nSPS) is 12.8. The van der Waals surface area contributed by atoms with Crippen molar-refractivity contribution in [1.29, 1.82) is 0 Å². The standard InChI is InChI=1S/C51H35N/c1-5-17-36(18-6-1)37-29-31-41(32-30-37)52(40-23-11-4-12-24-40)42-33-34-45-47(35-42)43-25-13-14-26-44(43)49-46-27-15-16-28-48(46)51(50(45)49,38-19-7-2-8-20-38)39-21-9-3-10-22-39/h1-35H. The van der Waals surface area contributed by atoms with Gasteiger partial charge in [0.05, 0.1) is 5.41 Å². The first kappa shape index (κ1) is 30.2. The Morgan fingerprint density at radius 3 is 1.50 bits per heavy atom. The molecule has 0 aliphatic heterocycles. The molecule has 0 fully saturated rings. The molecule has 10 rings (SSSR count). The number of para-hydroxylation sites is 1. The van der Waals surface area contributed by atoms with Gasteiger partial charge in [0.25, 0.3) is 0 Å². The molecule has 0 spiro atoms. The van der Waals surface area contributed by atoms with Crippen molar-refractivity contribution in [2.75, 3.05) is 4.90 Å². The van der Waals surface area contributed by atoms with Crippen LogP contribution in [0.1, 0.15) is 22.3 Å². The molecule has 1 heteroatoms. The quantitative estimate of drug-likeness (QED) is 0.160. The third-order valence-electron chi connectivity index (χ3n) is 10.9. The average Bonchev–Trinajstić information content (AvgIpc) is 3.55. The molecule has 244 valence electrons. The summed E-state index contributed by atoms with van der Waals surface area (Å²) in [5.41, 5.74) is 13.1. The van der Waals surface area contributed by atoms with Gasteiger partial charge in [0.2, 0.25) is 0 Å². The highest BCUT2D eigenvalue weighted by Crippen LogP contribution is 2.60. The van der Waals surface area contributed by atoms with Crippen molar-refractivity contribution >= 4 is 38.6 Å². The highest BCUT2D eigenvalue weighted by Gasteiger charge is 2.47. The predicted octanol–water partition coefficient (Wildman–Crippen LogP) is 13.5. The van der Waals surface area contributed by atoms with Gasteiger partial charge in [0, 0.05) is 17.1 Å². The van der Waals surface area contributed by atoms with E-state index in [1.807, 2.05) is 0 Å². The van der Waals surface area contributed by atoms with Gasteiger partial charge in [0.15, 0.2) is 0 Å². The molecule has 0 heterocycles. The van der Waals surface area contributed by atoms with Crippen molar-refractivity contribution in [3.63, 3.8) is 0 Å². The number of rotatable bonds is 6. The second-order valence-electron chi connectivity index (χ2n) is 13.6. The van der Waals surface area contributed by atoms with Crippen LogP contribution < -0.4 is 4.90 Å². The monoisotopic (exact) mass is 661 g/mol. The number of fused-ring (bicyclic) bond motifs is 8. The Balaban J connectivity index is 1.27. The number of nitrogens with zero attached hydrogens (tertiary/aromatic N) is 1. The van der Waals surface area contributed by atoms with E-state index in [9.17, 15) is 0 Å². The fourth-order valence-corrected chi connectivity index (χ4v) is 8.75. The zero-order valence-electron chi connectivity index (χ0n) is 28.7. The van der Waals surface area contributed by atoms with Gasteiger partial charge in [-0.05, 0) is 102 Å². The van der Waals surface area contributed by atoms with Crippen molar-refractivity contribution in [3.8, 4) is 22.3 Å². The summed E-state index contributed by atoms with van der Waals surface area (Å²) in [4.78, 5) is 2.38. The van der Waals surface area contributed by atoms with E-state index < -0.39 is 5.41 Å². The molecular formula is C51H35N. The molecule has 1 aliphatic carbocycles. The molecule has 0 radical (unpaired) electrons. The predicted molar refractivity (Wildman–Crippen MR) is 219 cm³/mol. The smallest absolute Gasteiger partial charge is 0.0719 e. The van der Waals surface area contributed by atoms with Gasteiger partial charge in [0.1, 0.15) is 0 Å². The van der Waals surface area contributed by atoms with Crippen LogP contribution in [-0.2, 0) is 5.41 Å². The van der Waals surface area contributed by atoms with Crippen LogP contribution in [0.25, 0.3) is 43.8 Å². The van der Waals surface area contributed by atoms with Crippen molar-refractivity contribution in [3.05, 3.63) is 235 Å². The van der Waals surface area contributed by atoms with Crippen molar-refractivity contribution in [2.24, 2.45) is 0 Å². The Kier molecular flexibility index (Phi) is 7.11. The van der Waals surface area contributed by atoms with Crippen LogP contribution in [0.2, 0.25) is 0 Å². The molecule has 0 saturated heterocycles. The lowest BCUT2D eigenvalue weighted by Crippen LogP contribution is -2.28. The summed E-state index contributed by atoms with van der Waals surface area (Å²) in [5, 5.41) is 5.06. The second-order valence-corrected chi connectivity index (χ2v) is 13.6. The van der Waals surface area contributed by atoms with Gasteiger partial charge in [-0.3, -0.25) is 0 Å². The molecule has 52 heavy (non-hydrogen) atoms. The zero-order valence-corrected chi connectivity index (χ0v) is 28.7. The molecule has 1 nitrogen and oxygen atoms in total. The fraction of sp³-hybridized carbons (Fsp3) is 0.0196. The highest BCUT2D eigenvalue weighted by molar-refractivity contribution is 6.19. The molecule has 9 aromatic rings. The van der Waals surface area contributed by atoms with E-state index in [1.54, 1.807) is 0 Å². The van der Waals surface area contributed by atoms with E-state index in [-0.39, 0.29) is 0 Å². The Morgan fingerprint density at radius 2 is 0.827 bits per heavy atom. The molecule has 0 unspecified atom stereocenters. The molecule has 0 bridgehead atoms.